The zero-order chi connectivity index (χ0) is 23.7. The Morgan fingerprint density at radius 1 is 0.882 bits per heavy atom. The molecule has 2 heterocycles. The fourth-order valence-corrected chi connectivity index (χ4v) is 4.23. The average molecular weight is 469 g/mol. The number of ketones is 1. The first-order chi connectivity index (χ1) is 16.5. The van der Waals surface area contributed by atoms with Crippen LogP contribution in [0.4, 0.5) is 4.39 Å². The van der Waals surface area contributed by atoms with Crippen molar-refractivity contribution in [2.75, 3.05) is 0 Å². The Hall–Kier alpha value is -4.09. The van der Waals surface area contributed by atoms with Crippen molar-refractivity contribution >= 4 is 28.3 Å². The number of benzene rings is 3. The molecule has 0 aliphatic heterocycles. The molecule has 0 bridgehead atoms. The molecule has 0 saturated heterocycles. The van der Waals surface area contributed by atoms with Crippen LogP contribution in [0.5, 0.6) is 0 Å². The van der Waals surface area contributed by atoms with Crippen LogP contribution in [0, 0.1) is 5.82 Å². The molecule has 0 spiro atoms. The van der Waals surface area contributed by atoms with E-state index in [-0.39, 0.29) is 28.7 Å². The maximum atomic E-state index is 14.4. The van der Waals surface area contributed by atoms with Crippen LogP contribution in [0.25, 0.3) is 16.6 Å². The van der Waals surface area contributed by atoms with Gasteiger partial charge in [0.15, 0.2) is 16.8 Å². The predicted octanol–water partition coefficient (Wildman–Crippen LogP) is 6.00. The van der Waals surface area contributed by atoms with Gasteiger partial charge in [0.05, 0.1) is 16.5 Å². The zero-order valence-corrected chi connectivity index (χ0v) is 18.7. The van der Waals surface area contributed by atoms with Gasteiger partial charge < -0.3 is 0 Å². The van der Waals surface area contributed by atoms with Crippen molar-refractivity contribution in [3.05, 3.63) is 141 Å². The molecule has 0 radical (unpaired) electrons. The lowest BCUT2D eigenvalue weighted by Crippen LogP contribution is -2.27. The van der Waals surface area contributed by atoms with Crippen molar-refractivity contribution in [2.45, 2.75) is 6.42 Å². The molecule has 0 atom stereocenters. The van der Waals surface area contributed by atoms with Crippen molar-refractivity contribution in [1.29, 1.82) is 0 Å². The van der Waals surface area contributed by atoms with Crippen molar-refractivity contribution < 1.29 is 9.18 Å². The van der Waals surface area contributed by atoms with Gasteiger partial charge in [0, 0.05) is 23.4 Å². The number of nitrogens with zero attached hydrogens (tertiary/aromatic N) is 2. The number of pyridine rings is 2. The largest absolute Gasteiger partial charge is 0.288 e. The molecular weight excluding hydrogens is 451 g/mol. The van der Waals surface area contributed by atoms with Crippen LogP contribution in [0.1, 0.15) is 27.2 Å². The summed E-state index contributed by atoms with van der Waals surface area (Å²) in [4.78, 5) is 31.8. The van der Waals surface area contributed by atoms with E-state index in [2.05, 4.69) is 4.98 Å². The van der Waals surface area contributed by atoms with Gasteiger partial charge in [-0.2, -0.15) is 0 Å². The number of para-hydroxylation sites is 1. The van der Waals surface area contributed by atoms with Crippen LogP contribution in [-0.4, -0.2) is 15.3 Å². The zero-order valence-electron chi connectivity index (χ0n) is 17.9. The molecule has 2 aromatic heterocycles. The van der Waals surface area contributed by atoms with Gasteiger partial charge in [0.2, 0.25) is 0 Å². The summed E-state index contributed by atoms with van der Waals surface area (Å²) >= 11 is 6.03. The van der Waals surface area contributed by atoms with Crippen molar-refractivity contribution in [2.24, 2.45) is 0 Å². The molecule has 0 saturated carbocycles. The molecule has 0 amide bonds. The number of hydrogen-bond donors (Lipinski definition) is 0. The molecule has 0 fully saturated rings. The molecule has 5 rings (SSSR count). The highest BCUT2D eigenvalue weighted by Gasteiger charge is 2.26. The van der Waals surface area contributed by atoms with Crippen LogP contribution >= 0.6 is 11.6 Å². The number of fused-ring (bicyclic) bond motifs is 1. The van der Waals surface area contributed by atoms with E-state index in [4.69, 9.17) is 11.6 Å². The number of carbonyl (C=O) groups excluding carboxylic acids is 1. The Kier molecular flexibility index (Phi) is 5.78. The summed E-state index contributed by atoms with van der Waals surface area (Å²) in [6, 6.07) is 28.3. The second kappa shape index (κ2) is 9.04. The number of rotatable bonds is 5. The number of hydrogen-bond acceptors (Lipinski definition) is 3. The lowest BCUT2D eigenvalue weighted by atomic mass is 9.95. The van der Waals surface area contributed by atoms with E-state index < -0.39 is 16.5 Å². The summed E-state index contributed by atoms with van der Waals surface area (Å²) in [6.07, 6.45) is 0.283. The van der Waals surface area contributed by atoms with E-state index in [1.165, 1.54) is 4.57 Å². The van der Waals surface area contributed by atoms with Gasteiger partial charge in [-0.05, 0) is 23.8 Å². The summed E-state index contributed by atoms with van der Waals surface area (Å²) in [6.45, 7) is 0. The number of halogens is 2. The Labute approximate surface area is 199 Å². The van der Waals surface area contributed by atoms with Crippen LogP contribution in [0.15, 0.2) is 102 Å². The standard InChI is InChI=1S/C28H18ClFN2O2/c29-27-22(30)17-21-25(31-27)24(26(33)19-12-6-2-7-13-19)23(16-18-10-4-1-5-11-18)32(28(21)34)20-14-8-3-9-15-20/h1-15,17H,16H2. The van der Waals surface area contributed by atoms with Gasteiger partial charge >= 0.3 is 0 Å². The number of carbonyl (C=O) groups is 1. The molecule has 3 aromatic carbocycles. The predicted molar refractivity (Wildman–Crippen MR) is 131 cm³/mol. The van der Waals surface area contributed by atoms with Crippen LogP contribution in [-0.2, 0) is 6.42 Å². The van der Waals surface area contributed by atoms with Gasteiger partial charge in [-0.3, -0.25) is 14.2 Å². The molecule has 4 nitrogen and oxygen atoms in total. The van der Waals surface area contributed by atoms with E-state index in [0.717, 1.165) is 11.6 Å². The smallest absolute Gasteiger partial charge is 0.264 e. The monoisotopic (exact) mass is 468 g/mol. The SMILES string of the molecule is O=C(c1ccccc1)c1c(Cc2ccccc2)n(-c2ccccc2)c(=O)c2cc(F)c(Cl)nc12. The van der Waals surface area contributed by atoms with Crippen LogP contribution < -0.4 is 5.56 Å². The summed E-state index contributed by atoms with van der Waals surface area (Å²) in [5, 5.41) is -0.404. The summed E-state index contributed by atoms with van der Waals surface area (Å²) in [5.41, 5.74) is 2.19. The summed E-state index contributed by atoms with van der Waals surface area (Å²) in [5.74, 6) is -1.14. The molecular formula is C28H18ClFN2O2. The van der Waals surface area contributed by atoms with E-state index in [1.54, 1.807) is 48.5 Å². The fraction of sp³-hybridized carbons (Fsp3) is 0.0357. The van der Waals surface area contributed by atoms with Crippen molar-refractivity contribution in [1.82, 2.24) is 9.55 Å². The third-order valence-electron chi connectivity index (χ3n) is 5.65. The minimum atomic E-state index is -0.820. The van der Waals surface area contributed by atoms with E-state index in [1.807, 2.05) is 42.5 Å². The first-order valence-corrected chi connectivity index (χ1v) is 11.0. The quantitative estimate of drug-likeness (QED) is 0.235. The average Bonchev–Trinajstić information content (AvgIpc) is 2.87. The van der Waals surface area contributed by atoms with Crippen molar-refractivity contribution in [3.8, 4) is 5.69 Å². The molecule has 5 aromatic rings. The van der Waals surface area contributed by atoms with Gasteiger partial charge in [0.25, 0.3) is 5.56 Å². The first-order valence-electron chi connectivity index (χ1n) is 10.7. The number of aromatic nitrogens is 2. The lowest BCUT2D eigenvalue weighted by molar-refractivity contribution is 0.103. The maximum Gasteiger partial charge on any atom is 0.264 e. The van der Waals surface area contributed by atoms with Gasteiger partial charge in [-0.15, -0.1) is 0 Å². The molecule has 6 heteroatoms. The van der Waals surface area contributed by atoms with E-state index in [9.17, 15) is 14.0 Å². The maximum absolute atomic E-state index is 14.4. The Balaban J connectivity index is 1.94. The topological polar surface area (TPSA) is 52.0 Å². The highest BCUT2D eigenvalue weighted by molar-refractivity contribution is 6.30. The Morgan fingerprint density at radius 3 is 2.12 bits per heavy atom. The van der Waals surface area contributed by atoms with E-state index in [0.29, 0.717) is 16.9 Å². The minimum absolute atomic E-state index is 0.0122. The second-order valence-corrected chi connectivity index (χ2v) is 8.17. The molecule has 0 N–H and O–H groups in total. The van der Waals surface area contributed by atoms with Crippen LogP contribution in [0.2, 0.25) is 5.15 Å². The summed E-state index contributed by atoms with van der Waals surface area (Å²) in [7, 11) is 0. The fourth-order valence-electron chi connectivity index (χ4n) is 4.09. The van der Waals surface area contributed by atoms with Crippen LogP contribution in [0.3, 0.4) is 0 Å². The Bertz CT molecular complexity index is 1570. The van der Waals surface area contributed by atoms with Gasteiger partial charge in [-0.1, -0.05) is 90.5 Å². The molecule has 0 unspecified atom stereocenters. The van der Waals surface area contributed by atoms with Gasteiger partial charge in [-0.25, -0.2) is 9.37 Å². The highest BCUT2D eigenvalue weighted by Crippen LogP contribution is 2.28. The van der Waals surface area contributed by atoms with E-state index >= 15 is 0 Å². The molecule has 34 heavy (non-hydrogen) atoms. The molecule has 166 valence electrons. The lowest BCUT2D eigenvalue weighted by Gasteiger charge is -2.19. The molecule has 0 aliphatic carbocycles. The highest BCUT2D eigenvalue weighted by atomic mass is 35.5. The Morgan fingerprint density at radius 2 is 1.47 bits per heavy atom. The van der Waals surface area contributed by atoms with Gasteiger partial charge in [0.1, 0.15) is 0 Å². The normalized spacial score (nSPS) is 11.0. The molecule has 0 aliphatic rings. The second-order valence-electron chi connectivity index (χ2n) is 7.81. The third kappa shape index (κ3) is 3.91. The third-order valence-corrected chi connectivity index (χ3v) is 5.92. The minimum Gasteiger partial charge on any atom is -0.288 e. The summed E-state index contributed by atoms with van der Waals surface area (Å²) < 4.78 is 15.9. The van der Waals surface area contributed by atoms with Crippen molar-refractivity contribution in [3.63, 3.8) is 0 Å². The first kappa shape index (κ1) is 21.7.